The molecule has 1 aromatic heterocycles. The summed E-state index contributed by atoms with van der Waals surface area (Å²) in [4.78, 5) is 22.6. The Labute approximate surface area is 183 Å². The summed E-state index contributed by atoms with van der Waals surface area (Å²) in [6.07, 6.45) is 3.58. The van der Waals surface area contributed by atoms with E-state index in [9.17, 15) is 13.2 Å². The molecule has 31 heavy (non-hydrogen) atoms. The van der Waals surface area contributed by atoms with Crippen LogP contribution in [0.5, 0.6) is 0 Å². The molecule has 1 aliphatic heterocycles. The van der Waals surface area contributed by atoms with E-state index in [1.54, 1.807) is 19.1 Å². The van der Waals surface area contributed by atoms with Crippen LogP contribution in [-0.2, 0) is 14.8 Å². The predicted molar refractivity (Wildman–Crippen MR) is 122 cm³/mol. The first-order chi connectivity index (χ1) is 14.7. The Morgan fingerprint density at radius 1 is 1.06 bits per heavy atom. The van der Waals surface area contributed by atoms with Gasteiger partial charge in [-0.15, -0.1) is 0 Å². The molecule has 1 amide bonds. The fourth-order valence-corrected chi connectivity index (χ4v) is 4.87. The Morgan fingerprint density at radius 2 is 1.81 bits per heavy atom. The Balaban J connectivity index is 1.57. The number of carbonyl (C=O) groups is 1. The van der Waals surface area contributed by atoms with E-state index in [4.69, 9.17) is 0 Å². The number of hydrogen-bond acceptors (Lipinski definition) is 7. The zero-order chi connectivity index (χ0) is 22.4. The second-order valence-electron chi connectivity index (χ2n) is 7.69. The number of aryl methyl sites for hydroxylation is 2. The van der Waals surface area contributed by atoms with E-state index < -0.39 is 10.0 Å². The van der Waals surface area contributed by atoms with Gasteiger partial charge in [0.15, 0.2) is 0 Å². The Morgan fingerprint density at radius 3 is 2.48 bits per heavy atom. The predicted octanol–water partition coefficient (Wildman–Crippen LogP) is 2.43. The van der Waals surface area contributed by atoms with Crippen molar-refractivity contribution < 1.29 is 13.2 Å². The smallest absolute Gasteiger partial charge is 0.240 e. The molecule has 0 bridgehead atoms. The van der Waals surface area contributed by atoms with Crippen LogP contribution < -0.4 is 20.3 Å². The topological polar surface area (TPSA) is 116 Å². The zero-order valence-electron chi connectivity index (χ0n) is 18.2. The van der Waals surface area contributed by atoms with Gasteiger partial charge in [-0.2, -0.15) is 0 Å². The van der Waals surface area contributed by atoms with Crippen molar-refractivity contribution in [3.63, 3.8) is 0 Å². The fraction of sp³-hybridized carbons (Fsp3) is 0.476. The van der Waals surface area contributed by atoms with Gasteiger partial charge in [0.05, 0.1) is 4.90 Å². The van der Waals surface area contributed by atoms with Crippen molar-refractivity contribution in [3.05, 3.63) is 35.7 Å². The fourth-order valence-electron chi connectivity index (χ4n) is 3.61. The van der Waals surface area contributed by atoms with Gasteiger partial charge in [-0.1, -0.05) is 0 Å². The average Bonchev–Trinajstić information content (AvgIpc) is 2.71. The molecule has 2 heterocycles. The van der Waals surface area contributed by atoms with Gasteiger partial charge >= 0.3 is 0 Å². The van der Waals surface area contributed by atoms with Crippen molar-refractivity contribution in [2.24, 2.45) is 0 Å². The lowest BCUT2D eigenvalue weighted by Gasteiger charge is -2.28. The summed E-state index contributed by atoms with van der Waals surface area (Å²) in [7, 11) is -3.67. The highest BCUT2D eigenvalue weighted by atomic mass is 32.2. The van der Waals surface area contributed by atoms with Gasteiger partial charge < -0.3 is 15.5 Å². The summed E-state index contributed by atoms with van der Waals surface area (Å²) in [6.45, 7) is 7.54. The summed E-state index contributed by atoms with van der Waals surface area (Å²) in [6, 6.07) is 6.62. The van der Waals surface area contributed by atoms with Crippen molar-refractivity contribution in [3.8, 4) is 0 Å². The molecule has 0 atom stereocenters. The van der Waals surface area contributed by atoms with Gasteiger partial charge in [-0.05, 0) is 56.9 Å². The molecule has 10 heteroatoms. The summed E-state index contributed by atoms with van der Waals surface area (Å²) >= 11 is 0. The molecule has 0 unspecified atom stereocenters. The second kappa shape index (κ2) is 10.1. The van der Waals surface area contributed by atoms with Crippen molar-refractivity contribution in [2.45, 2.75) is 44.9 Å². The molecule has 3 rings (SSSR count). The van der Waals surface area contributed by atoms with Crippen LogP contribution in [0.15, 0.2) is 29.2 Å². The molecule has 9 nitrogen and oxygen atoms in total. The normalized spacial score (nSPS) is 14.4. The van der Waals surface area contributed by atoms with Crippen LogP contribution >= 0.6 is 0 Å². The maximum atomic E-state index is 12.7. The highest BCUT2D eigenvalue weighted by Crippen LogP contribution is 2.21. The molecule has 1 aromatic carbocycles. The van der Waals surface area contributed by atoms with Crippen LogP contribution in [0, 0.1) is 13.8 Å². The third kappa shape index (κ3) is 6.38. The highest BCUT2D eigenvalue weighted by Gasteiger charge is 2.17. The van der Waals surface area contributed by atoms with Crippen LogP contribution in [0.25, 0.3) is 0 Å². The van der Waals surface area contributed by atoms with E-state index >= 15 is 0 Å². The van der Waals surface area contributed by atoms with Crippen LogP contribution in [0.4, 0.5) is 17.3 Å². The summed E-state index contributed by atoms with van der Waals surface area (Å²) < 4.78 is 27.9. The average molecular weight is 447 g/mol. The number of anilines is 3. The number of amides is 1. The minimum atomic E-state index is -3.67. The van der Waals surface area contributed by atoms with Crippen LogP contribution in [-0.4, -0.2) is 50.5 Å². The number of nitrogens with zero attached hydrogens (tertiary/aromatic N) is 3. The maximum Gasteiger partial charge on any atom is 0.240 e. The molecular weight excluding hydrogens is 416 g/mol. The van der Waals surface area contributed by atoms with Crippen molar-refractivity contribution in [1.82, 2.24) is 14.7 Å². The quantitative estimate of drug-likeness (QED) is 0.533. The van der Waals surface area contributed by atoms with Crippen molar-refractivity contribution >= 4 is 33.3 Å². The lowest BCUT2D eigenvalue weighted by Crippen LogP contribution is -2.31. The molecule has 3 N–H and O–H groups in total. The van der Waals surface area contributed by atoms with Gasteiger partial charge in [-0.3, -0.25) is 4.79 Å². The maximum absolute atomic E-state index is 12.7. The minimum absolute atomic E-state index is 0.187. The standard InChI is InChI=1S/C21H30N6O3S/c1-15-13-18(26-17(3)28)7-8-19(15)31(29,30)23-10-9-22-20-14-21(25-16(2)24-20)27-11-5-4-6-12-27/h7-8,13-14,23H,4-6,9-12H2,1-3H3,(H,26,28)(H,22,24,25). The van der Waals surface area contributed by atoms with Crippen LogP contribution in [0.3, 0.4) is 0 Å². The van der Waals surface area contributed by atoms with E-state index in [-0.39, 0.29) is 17.3 Å². The van der Waals surface area contributed by atoms with E-state index in [2.05, 4.69) is 30.2 Å². The molecule has 168 valence electrons. The van der Waals surface area contributed by atoms with Gasteiger partial charge in [0.2, 0.25) is 15.9 Å². The van der Waals surface area contributed by atoms with Crippen LogP contribution in [0.1, 0.15) is 37.6 Å². The Bertz CT molecular complexity index is 1040. The second-order valence-corrected chi connectivity index (χ2v) is 9.43. The SMILES string of the molecule is CC(=O)Nc1ccc(S(=O)(=O)NCCNc2cc(N3CCCCC3)nc(C)n2)c(C)c1. The zero-order valence-corrected chi connectivity index (χ0v) is 19.1. The molecular formula is C21H30N6O3S. The Kier molecular flexibility index (Phi) is 7.45. The molecule has 1 fully saturated rings. The van der Waals surface area contributed by atoms with E-state index in [0.29, 0.717) is 29.4 Å². The molecule has 2 aromatic rings. The monoisotopic (exact) mass is 446 g/mol. The number of piperidine rings is 1. The molecule has 0 radical (unpaired) electrons. The molecule has 1 aliphatic rings. The van der Waals surface area contributed by atoms with Gasteiger partial charge in [-0.25, -0.2) is 23.1 Å². The summed E-state index contributed by atoms with van der Waals surface area (Å²) in [5.74, 6) is 2.07. The van der Waals surface area contributed by atoms with E-state index in [0.717, 1.165) is 18.9 Å². The Hall–Kier alpha value is -2.72. The molecule has 1 saturated heterocycles. The van der Waals surface area contributed by atoms with E-state index in [1.807, 2.05) is 13.0 Å². The number of nitrogens with one attached hydrogen (secondary N) is 3. The first-order valence-corrected chi connectivity index (χ1v) is 12.0. The van der Waals surface area contributed by atoms with Gasteiger partial charge in [0.25, 0.3) is 0 Å². The largest absolute Gasteiger partial charge is 0.369 e. The molecule has 0 saturated carbocycles. The lowest BCUT2D eigenvalue weighted by molar-refractivity contribution is -0.114. The van der Waals surface area contributed by atoms with E-state index in [1.165, 1.54) is 32.3 Å². The van der Waals surface area contributed by atoms with Crippen LogP contribution in [0.2, 0.25) is 0 Å². The molecule has 0 spiro atoms. The minimum Gasteiger partial charge on any atom is -0.369 e. The lowest BCUT2D eigenvalue weighted by atomic mass is 10.1. The number of sulfonamides is 1. The van der Waals surface area contributed by atoms with Gasteiger partial charge in [0.1, 0.15) is 17.5 Å². The van der Waals surface area contributed by atoms with Crippen molar-refractivity contribution in [2.75, 3.05) is 41.7 Å². The summed E-state index contributed by atoms with van der Waals surface area (Å²) in [5.41, 5.74) is 1.12. The van der Waals surface area contributed by atoms with Crippen molar-refractivity contribution in [1.29, 1.82) is 0 Å². The third-order valence-electron chi connectivity index (χ3n) is 5.01. The number of carbonyl (C=O) groups excluding carboxylic acids is 1. The first kappa shape index (κ1) is 23.0. The number of hydrogen-bond donors (Lipinski definition) is 3. The third-order valence-corrected chi connectivity index (χ3v) is 6.63. The van der Waals surface area contributed by atoms with Gasteiger partial charge in [0, 0.05) is 44.9 Å². The summed E-state index contributed by atoms with van der Waals surface area (Å²) in [5, 5.41) is 5.83. The number of rotatable bonds is 8. The highest BCUT2D eigenvalue weighted by molar-refractivity contribution is 7.89. The number of benzene rings is 1. The molecule has 0 aliphatic carbocycles. The first-order valence-electron chi connectivity index (χ1n) is 10.5. The number of aromatic nitrogens is 2.